The van der Waals surface area contributed by atoms with Crippen molar-refractivity contribution in [3.05, 3.63) is 29.8 Å². The Kier molecular flexibility index (Phi) is 7.79. The highest BCUT2D eigenvalue weighted by Gasteiger charge is 2.19. The van der Waals surface area contributed by atoms with Crippen molar-refractivity contribution in [3.8, 4) is 0 Å². The zero-order valence-electron chi connectivity index (χ0n) is 13.2. The van der Waals surface area contributed by atoms with Crippen LogP contribution in [0.15, 0.2) is 24.3 Å². The maximum Gasteiger partial charge on any atom is 0.223 e. The van der Waals surface area contributed by atoms with Crippen LogP contribution in [0.5, 0.6) is 0 Å². The number of nitrogens with two attached hydrogens (primary N) is 1. The maximum atomic E-state index is 12.4. The molecule has 0 bridgehead atoms. The van der Waals surface area contributed by atoms with E-state index in [4.69, 9.17) is 15.2 Å². The largest absolute Gasteiger partial charge is 0.399 e. The second-order valence-corrected chi connectivity index (χ2v) is 5.13. The number of aryl methyl sites for hydroxylation is 1. The molecule has 118 valence electrons. The van der Waals surface area contributed by atoms with Crippen molar-refractivity contribution in [2.45, 2.75) is 25.8 Å². The van der Waals surface area contributed by atoms with E-state index in [9.17, 15) is 4.79 Å². The van der Waals surface area contributed by atoms with Crippen molar-refractivity contribution in [2.24, 2.45) is 0 Å². The molecule has 5 heteroatoms. The van der Waals surface area contributed by atoms with Gasteiger partial charge in [0, 0.05) is 32.9 Å². The van der Waals surface area contributed by atoms with Crippen LogP contribution in [0.2, 0.25) is 0 Å². The fourth-order valence-electron chi connectivity index (χ4n) is 2.19. The second-order valence-electron chi connectivity index (χ2n) is 5.13. The zero-order chi connectivity index (χ0) is 15.7. The van der Waals surface area contributed by atoms with Gasteiger partial charge < -0.3 is 20.1 Å². The number of hydrogen-bond donors (Lipinski definition) is 1. The first-order valence-corrected chi connectivity index (χ1v) is 7.20. The number of hydrogen-bond acceptors (Lipinski definition) is 4. The van der Waals surface area contributed by atoms with Crippen LogP contribution in [0.3, 0.4) is 0 Å². The molecule has 0 aliphatic rings. The molecule has 0 saturated heterocycles. The standard InChI is InChI=1S/C16H26N2O3/c1-13(12-21-3)18(10-11-20-2)16(19)9-6-14-4-7-15(17)8-5-14/h4-5,7-8,13H,6,9-12,17H2,1-3H3. The third-order valence-electron chi connectivity index (χ3n) is 3.40. The van der Waals surface area contributed by atoms with Gasteiger partial charge in [-0.25, -0.2) is 0 Å². The first kappa shape index (κ1) is 17.5. The molecular weight excluding hydrogens is 268 g/mol. The molecule has 0 aliphatic heterocycles. The van der Waals surface area contributed by atoms with Crippen LogP contribution < -0.4 is 5.73 Å². The van der Waals surface area contributed by atoms with Gasteiger partial charge in [-0.05, 0) is 31.0 Å². The molecule has 2 N–H and O–H groups in total. The molecule has 1 amide bonds. The van der Waals surface area contributed by atoms with E-state index in [2.05, 4.69) is 0 Å². The molecule has 1 aromatic rings. The molecule has 0 heterocycles. The van der Waals surface area contributed by atoms with E-state index in [1.165, 1.54) is 0 Å². The van der Waals surface area contributed by atoms with Crippen LogP contribution in [0.1, 0.15) is 18.9 Å². The summed E-state index contributed by atoms with van der Waals surface area (Å²) in [4.78, 5) is 14.2. The fraction of sp³-hybridized carbons (Fsp3) is 0.562. The minimum absolute atomic E-state index is 0.0454. The number of nitrogen functional groups attached to an aromatic ring is 1. The average molecular weight is 294 g/mol. The van der Waals surface area contributed by atoms with Gasteiger partial charge in [0.2, 0.25) is 5.91 Å². The first-order valence-electron chi connectivity index (χ1n) is 7.20. The van der Waals surface area contributed by atoms with Crippen molar-refractivity contribution < 1.29 is 14.3 Å². The van der Waals surface area contributed by atoms with Gasteiger partial charge in [-0.1, -0.05) is 12.1 Å². The highest BCUT2D eigenvalue weighted by Crippen LogP contribution is 2.10. The minimum atomic E-state index is 0.0454. The number of carbonyl (C=O) groups excluding carboxylic acids is 1. The number of rotatable bonds is 9. The SMILES string of the molecule is COCCN(C(=O)CCc1ccc(N)cc1)C(C)COC. The van der Waals surface area contributed by atoms with Crippen molar-refractivity contribution in [3.63, 3.8) is 0 Å². The summed E-state index contributed by atoms with van der Waals surface area (Å²) < 4.78 is 10.2. The van der Waals surface area contributed by atoms with Gasteiger partial charge in [-0.2, -0.15) is 0 Å². The molecule has 5 nitrogen and oxygen atoms in total. The smallest absolute Gasteiger partial charge is 0.223 e. The number of ether oxygens (including phenoxy) is 2. The zero-order valence-corrected chi connectivity index (χ0v) is 13.2. The van der Waals surface area contributed by atoms with Gasteiger partial charge in [0.25, 0.3) is 0 Å². The lowest BCUT2D eigenvalue weighted by Gasteiger charge is -2.28. The van der Waals surface area contributed by atoms with E-state index in [0.29, 0.717) is 32.6 Å². The lowest BCUT2D eigenvalue weighted by atomic mass is 10.1. The predicted molar refractivity (Wildman–Crippen MR) is 84.1 cm³/mol. The Morgan fingerprint density at radius 3 is 2.48 bits per heavy atom. The molecule has 1 aromatic carbocycles. The molecule has 0 aromatic heterocycles. The van der Waals surface area contributed by atoms with Crippen LogP contribution in [-0.4, -0.2) is 50.8 Å². The first-order chi connectivity index (χ1) is 10.1. The summed E-state index contributed by atoms with van der Waals surface area (Å²) in [6.45, 7) is 3.63. The molecule has 21 heavy (non-hydrogen) atoms. The van der Waals surface area contributed by atoms with Crippen LogP contribution in [-0.2, 0) is 20.7 Å². The molecule has 1 unspecified atom stereocenters. The van der Waals surface area contributed by atoms with E-state index >= 15 is 0 Å². The van der Waals surface area contributed by atoms with Crippen molar-refractivity contribution >= 4 is 11.6 Å². The van der Waals surface area contributed by atoms with Crippen LogP contribution in [0, 0.1) is 0 Å². The van der Waals surface area contributed by atoms with Gasteiger partial charge >= 0.3 is 0 Å². The fourth-order valence-corrected chi connectivity index (χ4v) is 2.19. The molecule has 1 atom stereocenters. The third kappa shape index (κ3) is 6.14. The van der Waals surface area contributed by atoms with Gasteiger partial charge in [0.15, 0.2) is 0 Å². The molecule has 0 aliphatic carbocycles. The Balaban J connectivity index is 2.56. The average Bonchev–Trinajstić information content (AvgIpc) is 2.47. The Morgan fingerprint density at radius 2 is 1.90 bits per heavy atom. The number of nitrogens with zero attached hydrogens (tertiary/aromatic N) is 1. The molecule has 0 spiro atoms. The van der Waals surface area contributed by atoms with Crippen molar-refractivity contribution in [1.82, 2.24) is 4.90 Å². The van der Waals surface area contributed by atoms with E-state index in [1.807, 2.05) is 36.1 Å². The monoisotopic (exact) mass is 294 g/mol. The summed E-state index contributed by atoms with van der Waals surface area (Å²) in [5.74, 6) is 0.119. The molecule has 0 radical (unpaired) electrons. The summed E-state index contributed by atoms with van der Waals surface area (Å²) in [7, 11) is 3.28. The molecule has 0 saturated carbocycles. The Hall–Kier alpha value is -1.59. The van der Waals surface area contributed by atoms with Gasteiger partial charge in [-0.15, -0.1) is 0 Å². The third-order valence-corrected chi connectivity index (χ3v) is 3.40. The van der Waals surface area contributed by atoms with Gasteiger partial charge in [-0.3, -0.25) is 4.79 Å². The van der Waals surface area contributed by atoms with Crippen molar-refractivity contribution in [1.29, 1.82) is 0 Å². The second kappa shape index (κ2) is 9.37. The van der Waals surface area contributed by atoms with Crippen LogP contribution in [0.25, 0.3) is 0 Å². The summed E-state index contributed by atoms with van der Waals surface area (Å²) >= 11 is 0. The summed E-state index contributed by atoms with van der Waals surface area (Å²) in [6, 6.07) is 7.68. The molecular formula is C16H26N2O3. The number of carbonyl (C=O) groups is 1. The Bertz CT molecular complexity index is 420. The quantitative estimate of drug-likeness (QED) is 0.704. The minimum Gasteiger partial charge on any atom is -0.399 e. The summed E-state index contributed by atoms with van der Waals surface area (Å²) in [5.41, 5.74) is 7.51. The molecule has 0 fully saturated rings. The van der Waals surface area contributed by atoms with Gasteiger partial charge in [0.1, 0.15) is 0 Å². The lowest BCUT2D eigenvalue weighted by molar-refractivity contribution is -0.135. The van der Waals surface area contributed by atoms with Crippen LogP contribution >= 0.6 is 0 Å². The molecule has 1 rings (SSSR count). The number of methoxy groups -OCH3 is 2. The maximum absolute atomic E-state index is 12.4. The van der Waals surface area contributed by atoms with Gasteiger partial charge in [0.05, 0.1) is 19.3 Å². The Labute approximate surface area is 127 Å². The normalized spacial score (nSPS) is 12.1. The summed E-state index contributed by atoms with van der Waals surface area (Å²) in [5, 5.41) is 0. The van der Waals surface area contributed by atoms with Crippen LogP contribution in [0.4, 0.5) is 5.69 Å². The summed E-state index contributed by atoms with van der Waals surface area (Å²) in [6.07, 6.45) is 1.18. The van der Waals surface area contributed by atoms with E-state index in [1.54, 1.807) is 14.2 Å². The topological polar surface area (TPSA) is 64.8 Å². The van der Waals surface area contributed by atoms with Crippen molar-refractivity contribution in [2.75, 3.05) is 39.7 Å². The van der Waals surface area contributed by atoms with E-state index in [0.717, 1.165) is 11.3 Å². The number of anilines is 1. The number of amides is 1. The Morgan fingerprint density at radius 1 is 1.24 bits per heavy atom. The predicted octanol–water partition coefficient (Wildman–Crippen LogP) is 1.71. The van der Waals surface area contributed by atoms with E-state index < -0.39 is 0 Å². The highest BCUT2D eigenvalue weighted by atomic mass is 16.5. The lowest BCUT2D eigenvalue weighted by Crippen LogP contribution is -2.43. The number of benzene rings is 1. The van der Waals surface area contributed by atoms with E-state index in [-0.39, 0.29) is 11.9 Å². The highest BCUT2D eigenvalue weighted by molar-refractivity contribution is 5.76.